The van der Waals surface area contributed by atoms with Crippen LogP contribution in [0.5, 0.6) is 0 Å². The Morgan fingerprint density at radius 1 is 0.328 bits per heavy atom. The molecule has 0 saturated heterocycles. The summed E-state index contributed by atoms with van der Waals surface area (Å²) in [4.78, 5) is 25.5. The minimum absolute atomic E-state index is 0.525. The summed E-state index contributed by atoms with van der Waals surface area (Å²) in [5, 5.41) is 2.05. The van der Waals surface area contributed by atoms with Crippen LogP contribution in [0, 0.1) is 0 Å². The van der Waals surface area contributed by atoms with E-state index in [9.17, 15) is 0 Å². The first kappa shape index (κ1) is 34.5. The molecule has 8 aromatic carbocycles. The van der Waals surface area contributed by atoms with Crippen LogP contribution >= 0.6 is 0 Å². The van der Waals surface area contributed by atoms with Gasteiger partial charge in [-0.2, -0.15) is 0 Å². The van der Waals surface area contributed by atoms with Gasteiger partial charge in [0, 0.05) is 44.4 Å². The Balaban J connectivity index is 1.000. The van der Waals surface area contributed by atoms with Crippen LogP contribution in [0.4, 0.5) is 0 Å². The molecule has 4 heterocycles. The van der Waals surface area contributed by atoms with Crippen molar-refractivity contribution in [1.29, 1.82) is 0 Å². The van der Waals surface area contributed by atoms with Gasteiger partial charge >= 0.3 is 0 Å². The van der Waals surface area contributed by atoms with Gasteiger partial charge in [0.2, 0.25) is 0 Å². The van der Waals surface area contributed by atoms with Crippen molar-refractivity contribution in [3.05, 3.63) is 200 Å². The van der Waals surface area contributed by atoms with Gasteiger partial charge in [-0.05, 0) is 84.9 Å². The zero-order chi connectivity index (χ0) is 40.3. The van der Waals surface area contributed by atoms with Crippen LogP contribution in [0.2, 0.25) is 0 Å². The number of benzene rings is 8. The van der Waals surface area contributed by atoms with Crippen molar-refractivity contribution < 1.29 is 4.42 Å². The Labute approximate surface area is 349 Å². The van der Waals surface area contributed by atoms with Crippen LogP contribution in [0.3, 0.4) is 0 Å². The zero-order valence-corrected chi connectivity index (χ0v) is 32.6. The maximum atomic E-state index is 6.49. The highest BCUT2D eigenvalue weighted by atomic mass is 16.3. The summed E-state index contributed by atoms with van der Waals surface area (Å²) in [6.45, 7) is 0. The Kier molecular flexibility index (Phi) is 7.99. The lowest BCUT2D eigenvalue weighted by atomic mass is 10.1. The molecule has 0 aliphatic carbocycles. The van der Waals surface area contributed by atoms with Gasteiger partial charge < -0.3 is 4.42 Å². The molecule has 0 aliphatic rings. The average molecular weight is 784 g/mol. The first-order valence-electron chi connectivity index (χ1n) is 20.2. The maximum absolute atomic E-state index is 6.49. The van der Waals surface area contributed by atoms with Gasteiger partial charge in [-0.15, -0.1) is 0 Å². The Hall–Kier alpha value is -8.49. The van der Waals surface area contributed by atoms with Crippen molar-refractivity contribution >= 4 is 44.0 Å². The van der Waals surface area contributed by atoms with Gasteiger partial charge in [-0.1, -0.05) is 115 Å². The molecule has 0 bridgehead atoms. The van der Waals surface area contributed by atoms with Gasteiger partial charge in [0.05, 0.1) is 27.6 Å². The summed E-state index contributed by atoms with van der Waals surface area (Å²) in [6, 6.07) is 68.0. The molecule has 12 rings (SSSR count). The van der Waals surface area contributed by atoms with E-state index in [1.807, 2.05) is 91.0 Å². The van der Waals surface area contributed by atoms with E-state index in [4.69, 9.17) is 29.3 Å². The average Bonchev–Trinajstić information content (AvgIpc) is 4.04. The molecule has 286 valence electrons. The fraction of sp³-hybridized carbons (Fsp3) is 0. The molecule has 61 heavy (non-hydrogen) atoms. The number of hydrogen-bond acceptors (Lipinski definition) is 6. The normalized spacial score (nSPS) is 11.6. The van der Waals surface area contributed by atoms with E-state index in [-0.39, 0.29) is 0 Å². The van der Waals surface area contributed by atoms with Crippen LogP contribution < -0.4 is 0 Å². The minimum atomic E-state index is 0.525. The predicted octanol–water partition coefficient (Wildman–Crippen LogP) is 12.8. The van der Waals surface area contributed by atoms with Crippen molar-refractivity contribution in [2.75, 3.05) is 0 Å². The third kappa shape index (κ3) is 5.88. The number of furan rings is 1. The van der Waals surface area contributed by atoms with E-state index in [1.165, 1.54) is 0 Å². The molecule has 0 unspecified atom stereocenters. The van der Waals surface area contributed by atoms with E-state index < -0.39 is 0 Å². The van der Waals surface area contributed by atoms with E-state index in [2.05, 4.69) is 118 Å². The molecule has 0 radical (unpaired) electrons. The Bertz CT molecular complexity index is 3390. The molecule has 0 aliphatic heterocycles. The van der Waals surface area contributed by atoms with Gasteiger partial charge in [0.15, 0.2) is 17.5 Å². The fourth-order valence-electron chi connectivity index (χ4n) is 8.33. The number of nitrogens with zero attached hydrogens (tertiary/aromatic N) is 7. The van der Waals surface area contributed by atoms with Gasteiger partial charge in [-0.3, -0.25) is 9.13 Å². The van der Waals surface area contributed by atoms with Crippen molar-refractivity contribution in [3.8, 4) is 68.3 Å². The standard InChI is InChI=1S/C53H33N7O/c1-3-14-36(15-4-1)52-54-43-21-8-10-23-45(43)59(52)38-30-26-34(27-31-38)49-56-50(58-51(57-49)42-20-13-19-41-40-18-7-12-25-47(40)61-48(41)42)35-28-32-39(33-29-35)60-46-24-11-9-22-44(46)55-53(60)37-16-5-2-6-17-37/h1-33H. The summed E-state index contributed by atoms with van der Waals surface area (Å²) in [7, 11) is 0. The highest BCUT2D eigenvalue weighted by Crippen LogP contribution is 2.37. The highest BCUT2D eigenvalue weighted by molar-refractivity contribution is 6.09. The minimum Gasteiger partial charge on any atom is -0.455 e. The molecule has 12 aromatic rings. The quantitative estimate of drug-likeness (QED) is 0.160. The summed E-state index contributed by atoms with van der Waals surface area (Å²) < 4.78 is 10.9. The monoisotopic (exact) mass is 783 g/mol. The predicted molar refractivity (Wildman–Crippen MR) is 244 cm³/mol. The van der Waals surface area contributed by atoms with Crippen LogP contribution in [0.1, 0.15) is 0 Å². The van der Waals surface area contributed by atoms with Gasteiger partial charge in [0.1, 0.15) is 22.8 Å². The Morgan fingerprint density at radius 3 is 1.34 bits per heavy atom. The molecule has 0 fully saturated rings. The SMILES string of the molecule is c1ccc(-c2nc3ccccc3n2-c2ccc(-c3nc(-c4ccc(-n5c(-c6ccccc6)nc6ccccc65)cc4)nc(-c4cccc5c4oc4ccccc45)n3)cc2)cc1. The molecule has 0 atom stereocenters. The second-order valence-corrected chi connectivity index (χ2v) is 14.9. The van der Waals surface area contributed by atoms with E-state index in [0.717, 1.165) is 94.8 Å². The number of aromatic nitrogens is 7. The van der Waals surface area contributed by atoms with Crippen molar-refractivity contribution in [3.63, 3.8) is 0 Å². The van der Waals surface area contributed by atoms with Crippen LogP contribution in [-0.2, 0) is 0 Å². The molecule has 0 spiro atoms. The molecule has 8 nitrogen and oxygen atoms in total. The summed E-state index contributed by atoms with van der Waals surface area (Å²) in [6.07, 6.45) is 0. The number of hydrogen-bond donors (Lipinski definition) is 0. The molecule has 4 aromatic heterocycles. The largest absolute Gasteiger partial charge is 0.455 e. The summed E-state index contributed by atoms with van der Waals surface area (Å²) in [5.41, 5.74) is 12.0. The molecule has 0 saturated carbocycles. The fourth-order valence-corrected chi connectivity index (χ4v) is 8.33. The Morgan fingerprint density at radius 2 is 0.787 bits per heavy atom. The third-order valence-corrected chi connectivity index (χ3v) is 11.2. The highest BCUT2D eigenvalue weighted by Gasteiger charge is 2.20. The lowest BCUT2D eigenvalue weighted by Crippen LogP contribution is -2.02. The molecule has 0 amide bonds. The number of imidazole rings is 2. The summed E-state index contributed by atoms with van der Waals surface area (Å²) >= 11 is 0. The first-order valence-corrected chi connectivity index (χ1v) is 20.2. The van der Waals surface area contributed by atoms with Crippen LogP contribution in [0.25, 0.3) is 112 Å². The van der Waals surface area contributed by atoms with E-state index in [1.54, 1.807) is 0 Å². The maximum Gasteiger partial charge on any atom is 0.167 e. The van der Waals surface area contributed by atoms with Crippen LogP contribution in [0.15, 0.2) is 205 Å². The molecular formula is C53H33N7O. The van der Waals surface area contributed by atoms with E-state index in [0.29, 0.717) is 17.5 Å². The molecule has 0 N–H and O–H groups in total. The third-order valence-electron chi connectivity index (χ3n) is 11.2. The number of rotatable bonds is 7. The lowest BCUT2D eigenvalue weighted by molar-refractivity contribution is 0.669. The van der Waals surface area contributed by atoms with Gasteiger partial charge in [0.25, 0.3) is 0 Å². The molecule has 8 heteroatoms. The smallest absolute Gasteiger partial charge is 0.167 e. The van der Waals surface area contributed by atoms with Gasteiger partial charge in [-0.25, -0.2) is 24.9 Å². The second kappa shape index (κ2) is 14.1. The number of para-hydroxylation sites is 6. The van der Waals surface area contributed by atoms with Crippen molar-refractivity contribution in [2.45, 2.75) is 0 Å². The topological polar surface area (TPSA) is 87.5 Å². The van der Waals surface area contributed by atoms with E-state index >= 15 is 0 Å². The van der Waals surface area contributed by atoms with Crippen molar-refractivity contribution in [1.82, 2.24) is 34.1 Å². The zero-order valence-electron chi connectivity index (χ0n) is 32.6. The lowest BCUT2D eigenvalue weighted by Gasteiger charge is -2.12. The van der Waals surface area contributed by atoms with Crippen LogP contribution in [-0.4, -0.2) is 34.1 Å². The number of fused-ring (bicyclic) bond motifs is 5. The molecular weight excluding hydrogens is 751 g/mol. The second-order valence-electron chi connectivity index (χ2n) is 14.9. The summed E-state index contributed by atoms with van der Waals surface area (Å²) in [5.74, 6) is 3.38. The van der Waals surface area contributed by atoms with Crippen molar-refractivity contribution in [2.24, 2.45) is 0 Å². The first-order chi connectivity index (χ1) is 30.2.